The maximum absolute atomic E-state index is 13.5. The summed E-state index contributed by atoms with van der Waals surface area (Å²) in [6.45, 7) is 7.37. The summed E-state index contributed by atoms with van der Waals surface area (Å²) in [5.74, 6) is 5.25. The van der Waals surface area contributed by atoms with Crippen molar-refractivity contribution >= 4 is 23.3 Å². The molecular formula is C34H42N4O3. The second-order valence-corrected chi connectivity index (χ2v) is 10.1. The fourth-order valence-electron chi connectivity index (χ4n) is 4.76. The lowest BCUT2D eigenvalue weighted by atomic mass is 9.99. The Kier molecular flexibility index (Phi) is 13.0. The predicted octanol–water partition coefficient (Wildman–Crippen LogP) is 6.23. The van der Waals surface area contributed by atoms with Crippen molar-refractivity contribution in [1.29, 1.82) is 0 Å². The van der Waals surface area contributed by atoms with Crippen LogP contribution in [0, 0.1) is 0 Å². The van der Waals surface area contributed by atoms with Gasteiger partial charge in [-0.3, -0.25) is 14.7 Å². The zero-order valence-electron chi connectivity index (χ0n) is 24.0. The number of nitrogens with two attached hydrogens (primary N) is 1. The number of hydrogen-bond acceptors (Lipinski definition) is 5. The molecule has 0 aromatic heterocycles. The van der Waals surface area contributed by atoms with Crippen molar-refractivity contribution in [2.45, 2.75) is 58.0 Å². The Hall–Kier alpha value is -4.07. The van der Waals surface area contributed by atoms with Crippen molar-refractivity contribution in [3.8, 4) is 0 Å². The standard InChI is InChI=1S/C34H42N4O3/c1-3-5-6-7-14-22-30(34(40)41)36-33(28-19-12-9-13-20-28)29-21-15-16-23-31(29)38(35)32(39)26-37(24-4-2)25-27-17-10-8-11-18-27/h3,8-13,15-21,23,30H,1,4-7,14,22,24-26,35H2,2H3,(H,40,41)/t30-/m0/s1. The van der Waals surface area contributed by atoms with E-state index in [1.807, 2.05) is 84.9 Å². The molecular weight excluding hydrogens is 512 g/mol. The highest BCUT2D eigenvalue weighted by molar-refractivity contribution is 6.17. The lowest BCUT2D eigenvalue weighted by molar-refractivity contribution is -0.138. The van der Waals surface area contributed by atoms with Crippen LogP contribution in [-0.4, -0.2) is 46.7 Å². The van der Waals surface area contributed by atoms with Crippen molar-refractivity contribution in [3.63, 3.8) is 0 Å². The summed E-state index contributed by atoms with van der Waals surface area (Å²) in [4.78, 5) is 32.6. The van der Waals surface area contributed by atoms with Crippen LogP contribution in [0.1, 0.15) is 62.1 Å². The first-order valence-electron chi connectivity index (χ1n) is 14.3. The van der Waals surface area contributed by atoms with Gasteiger partial charge in [0.25, 0.3) is 5.91 Å². The van der Waals surface area contributed by atoms with Gasteiger partial charge < -0.3 is 5.11 Å². The Morgan fingerprint density at radius 2 is 1.61 bits per heavy atom. The summed E-state index contributed by atoms with van der Waals surface area (Å²) in [6, 6.07) is 25.9. The summed E-state index contributed by atoms with van der Waals surface area (Å²) >= 11 is 0. The number of carboxylic acid groups (broad SMARTS) is 1. The smallest absolute Gasteiger partial charge is 0.328 e. The molecule has 7 nitrogen and oxygen atoms in total. The molecule has 3 rings (SSSR count). The van der Waals surface area contributed by atoms with Crippen molar-refractivity contribution in [2.24, 2.45) is 10.8 Å². The number of aliphatic imine (C=N–C) groups is 1. The Morgan fingerprint density at radius 1 is 0.951 bits per heavy atom. The number of aliphatic carboxylic acids is 1. The quantitative estimate of drug-likeness (QED) is 0.0514. The number of hydrazine groups is 1. The van der Waals surface area contributed by atoms with Crippen LogP contribution in [0.15, 0.2) is 103 Å². The minimum Gasteiger partial charge on any atom is -0.480 e. The fraction of sp³-hybridized carbons (Fsp3) is 0.324. The van der Waals surface area contributed by atoms with E-state index in [0.29, 0.717) is 29.9 Å². The van der Waals surface area contributed by atoms with Gasteiger partial charge >= 0.3 is 5.97 Å². The van der Waals surface area contributed by atoms with Crippen LogP contribution >= 0.6 is 0 Å². The van der Waals surface area contributed by atoms with Crippen molar-refractivity contribution in [3.05, 3.63) is 114 Å². The predicted molar refractivity (Wildman–Crippen MR) is 167 cm³/mol. The maximum atomic E-state index is 13.5. The molecule has 0 aliphatic carbocycles. The molecule has 0 saturated carbocycles. The molecule has 0 fully saturated rings. The highest BCUT2D eigenvalue weighted by Crippen LogP contribution is 2.24. The minimum absolute atomic E-state index is 0.147. The van der Waals surface area contributed by atoms with E-state index in [1.54, 1.807) is 6.07 Å². The van der Waals surface area contributed by atoms with Crippen LogP contribution in [0.5, 0.6) is 0 Å². The number of carbonyl (C=O) groups is 2. The molecule has 3 aromatic carbocycles. The van der Waals surface area contributed by atoms with Gasteiger partial charge in [0.1, 0.15) is 6.04 Å². The molecule has 41 heavy (non-hydrogen) atoms. The monoisotopic (exact) mass is 554 g/mol. The zero-order valence-corrected chi connectivity index (χ0v) is 24.0. The molecule has 3 aromatic rings. The number of amides is 1. The minimum atomic E-state index is -0.976. The molecule has 0 spiro atoms. The van der Waals surface area contributed by atoms with Gasteiger partial charge in [-0.25, -0.2) is 15.6 Å². The Balaban J connectivity index is 1.91. The summed E-state index contributed by atoms with van der Waals surface area (Å²) in [7, 11) is 0. The van der Waals surface area contributed by atoms with Gasteiger partial charge in [0.15, 0.2) is 0 Å². The lowest BCUT2D eigenvalue weighted by Gasteiger charge is -2.26. The normalized spacial score (nSPS) is 12.2. The first-order valence-corrected chi connectivity index (χ1v) is 14.3. The number of hydrogen-bond donors (Lipinski definition) is 2. The van der Waals surface area contributed by atoms with E-state index in [2.05, 4.69) is 18.4 Å². The van der Waals surface area contributed by atoms with Crippen LogP contribution in [0.2, 0.25) is 0 Å². The second kappa shape index (κ2) is 16.9. The van der Waals surface area contributed by atoms with Gasteiger partial charge in [0.05, 0.1) is 17.9 Å². The largest absolute Gasteiger partial charge is 0.480 e. The van der Waals surface area contributed by atoms with E-state index in [1.165, 1.54) is 5.01 Å². The zero-order chi connectivity index (χ0) is 29.5. The maximum Gasteiger partial charge on any atom is 0.328 e. The Morgan fingerprint density at radius 3 is 2.27 bits per heavy atom. The number of carbonyl (C=O) groups excluding carboxylic acids is 1. The third-order valence-corrected chi connectivity index (χ3v) is 6.84. The number of anilines is 1. The van der Waals surface area contributed by atoms with Crippen LogP contribution in [0.3, 0.4) is 0 Å². The molecule has 0 unspecified atom stereocenters. The van der Waals surface area contributed by atoms with Gasteiger partial charge in [-0.15, -0.1) is 6.58 Å². The van der Waals surface area contributed by atoms with Crippen LogP contribution in [0.4, 0.5) is 5.69 Å². The average molecular weight is 555 g/mol. The van der Waals surface area contributed by atoms with Crippen LogP contribution < -0.4 is 10.9 Å². The Labute approximate surface area is 244 Å². The van der Waals surface area contributed by atoms with Crippen molar-refractivity contribution in [2.75, 3.05) is 18.1 Å². The van der Waals surface area contributed by atoms with E-state index in [-0.39, 0.29) is 12.5 Å². The third-order valence-electron chi connectivity index (χ3n) is 6.84. The molecule has 3 N–H and O–H groups in total. The molecule has 0 saturated heterocycles. The van der Waals surface area contributed by atoms with Crippen LogP contribution in [-0.2, 0) is 16.1 Å². The highest BCUT2D eigenvalue weighted by atomic mass is 16.4. The summed E-state index contributed by atoms with van der Waals surface area (Å²) in [5.41, 5.74) is 3.47. The summed E-state index contributed by atoms with van der Waals surface area (Å²) in [6.07, 6.45) is 6.72. The molecule has 0 aliphatic rings. The van der Waals surface area contributed by atoms with E-state index in [4.69, 9.17) is 10.8 Å². The van der Waals surface area contributed by atoms with Crippen LogP contribution in [0.25, 0.3) is 0 Å². The Bertz CT molecular complexity index is 1280. The summed E-state index contributed by atoms with van der Waals surface area (Å²) in [5, 5.41) is 11.2. The number of carboxylic acids is 1. The topological polar surface area (TPSA) is 99.2 Å². The molecule has 0 radical (unpaired) electrons. The van der Waals surface area contributed by atoms with E-state index in [0.717, 1.165) is 49.8 Å². The molecule has 1 amide bonds. The average Bonchev–Trinajstić information content (AvgIpc) is 2.99. The molecule has 216 valence electrons. The van der Waals surface area contributed by atoms with Crippen molar-refractivity contribution in [1.82, 2.24) is 4.90 Å². The highest BCUT2D eigenvalue weighted by Gasteiger charge is 2.23. The molecule has 0 heterocycles. The SMILES string of the molecule is C=CCCCCC[C@H](N=C(c1ccccc1)c1ccccc1N(N)C(=O)CN(CCC)Cc1ccccc1)C(=O)O. The number of nitrogens with zero attached hydrogens (tertiary/aromatic N) is 3. The van der Waals surface area contributed by atoms with Gasteiger partial charge in [-0.2, -0.15) is 0 Å². The summed E-state index contributed by atoms with van der Waals surface area (Å²) < 4.78 is 0. The first kappa shape index (κ1) is 31.5. The molecule has 0 aliphatic heterocycles. The van der Waals surface area contributed by atoms with Gasteiger partial charge in [-0.1, -0.05) is 105 Å². The number of allylic oxidation sites excluding steroid dienone is 1. The van der Waals surface area contributed by atoms with E-state index >= 15 is 0 Å². The fourth-order valence-corrected chi connectivity index (χ4v) is 4.76. The van der Waals surface area contributed by atoms with Gasteiger partial charge in [0.2, 0.25) is 0 Å². The molecule has 1 atom stereocenters. The van der Waals surface area contributed by atoms with E-state index < -0.39 is 12.0 Å². The van der Waals surface area contributed by atoms with E-state index in [9.17, 15) is 14.7 Å². The third kappa shape index (κ3) is 9.81. The second-order valence-electron chi connectivity index (χ2n) is 10.1. The first-order chi connectivity index (χ1) is 19.9. The molecule has 0 bridgehead atoms. The lowest BCUT2D eigenvalue weighted by Crippen LogP contribution is -2.45. The molecule has 7 heteroatoms. The van der Waals surface area contributed by atoms with Gasteiger partial charge in [-0.05, 0) is 43.9 Å². The number of para-hydroxylation sites is 1. The van der Waals surface area contributed by atoms with Crippen molar-refractivity contribution < 1.29 is 14.7 Å². The number of unbranched alkanes of at least 4 members (excludes halogenated alkanes) is 3. The number of rotatable bonds is 17. The van der Waals surface area contributed by atoms with Gasteiger partial charge in [0, 0.05) is 17.7 Å². The number of benzene rings is 3.